The molecule has 4 rings (SSSR count). The lowest BCUT2D eigenvalue weighted by atomic mass is 10.1. The lowest BCUT2D eigenvalue weighted by Gasteiger charge is -2.26. The van der Waals surface area contributed by atoms with Crippen molar-refractivity contribution in [2.45, 2.75) is 25.7 Å². The molecule has 9 heteroatoms. The third kappa shape index (κ3) is 3.40. The van der Waals surface area contributed by atoms with Gasteiger partial charge in [-0.15, -0.1) is 5.10 Å². The lowest BCUT2D eigenvalue weighted by molar-refractivity contribution is -0.133. The second kappa shape index (κ2) is 7.18. The molecule has 0 aliphatic carbocycles. The predicted molar refractivity (Wildman–Crippen MR) is 98.3 cm³/mol. The molecule has 140 valence electrons. The highest BCUT2D eigenvalue weighted by Crippen LogP contribution is 2.17. The largest absolute Gasteiger partial charge is 0.342 e. The molecule has 1 amide bonds. The van der Waals surface area contributed by atoms with Crippen LogP contribution in [0.1, 0.15) is 25.1 Å². The van der Waals surface area contributed by atoms with Gasteiger partial charge in [0.15, 0.2) is 11.6 Å². The number of carbonyl (C=O) groups is 1. The molecule has 0 unspecified atom stereocenters. The van der Waals surface area contributed by atoms with Crippen LogP contribution in [-0.4, -0.2) is 53.4 Å². The molecular formula is C18H21N7O2. The van der Waals surface area contributed by atoms with Gasteiger partial charge in [0.25, 0.3) is 5.56 Å². The number of carbonyl (C=O) groups excluding carboxylic acids is 1. The third-order valence-corrected chi connectivity index (χ3v) is 4.77. The molecule has 1 aliphatic heterocycles. The van der Waals surface area contributed by atoms with Crippen LogP contribution >= 0.6 is 0 Å². The maximum atomic E-state index is 12.1. The molecule has 9 nitrogen and oxygen atoms in total. The summed E-state index contributed by atoms with van der Waals surface area (Å²) >= 11 is 0. The number of rotatable bonds is 5. The van der Waals surface area contributed by atoms with Gasteiger partial charge in [-0.1, -0.05) is 0 Å². The summed E-state index contributed by atoms with van der Waals surface area (Å²) in [6, 6.07) is 5.27. The maximum Gasteiger partial charge on any atom is 0.259 e. The molecule has 0 aromatic carbocycles. The van der Waals surface area contributed by atoms with Gasteiger partial charge < -0.3 is 9.88 Å². The first-order valence-corrected chi connectivity index (χ1v) is 9.03. The second-order valence-electron chi connectivity index (χ2n) is 6.58. The average molecular weight is 367 g/mol. The van der Waals surface area contributed by atoms with Crippen molar-refractivity contribution in [3.63, 3.8) is 0 Å². The SMILES string of the molecule is Cn1nccc1-n1nc(-c2ccc[nH]c2=O)nc1CCN1CCCCC1=O. The van der Waals surface area contributed by atoms with Crippen LogP contribution in [0.25, 0.3) is 17.2 Å². The van der Waals surface area contributed by atoms with Crippen LogP contribution < -0.4 is 5.56 Å². The smallest absolute Gasteiger partial charge is 0.259 e. The van der Waals surface area contributed by atoms with E-state index < -0.39 is 0 Å². The summed E-state index contributed by atoms with van der Waals surface area (Å²) < 4.78 is 3.40. The second-order valence-corrected chi connectivity index (χ2v) is 6.58. The minimum absolute atomic E-state index is 0.188. The number of aryl methyl sites for hydroxylation is 1. The van der Waals surface area contributed by atoms with Gasteiger partial charge in [-0.2, -0.15) is 9.78 Å². The van der Waals surface area contributed by atoms with Crippen LogP contribution in [0, 0.1) is 0 Å². The highest BCUT2D eigenvalue weighted by Gasteiger charge is 2.21. The molecular weight excluding hydrogens is 346 g/mol. The summed E-state index contributed by atoms with van der Waals surface area (Å²) in [4.78, 5) is 33.3. The van der Waals surface area contributed by atoms with Gasteiger partial charge >= 0.3 is 0 Å². The Morgan fingerprint density at radius 1 is 1.22 bits per heavy atom. The number of pyridine rings is 1. The van der Waals surface area contributed by atoms with Crippen molar-refractivity contribution in [3.05, 3.63) is 46.8 Å². The number of piperidine rings is 1. The Hall–Kier alpha value is -3.23. The number of aromatic amines is 1. The van der Waals surface area contributed by atoms with Crippen molar-refractivity contribution in [1.82, 2.24) is 34.4 Å². The van der Waals surface area contributed by atoms with Gasteiger partial charge in [0, 0.05) is 45.2 Å². The molecule has 1 fully saturated rings. The molecule has 3 aromatic rings. The van der Waals surface area contributed by atoms with Crippen LogP contribution in [0.2, 0.25) is 0 Å². The molecule has 27 heavy (non-hydrogen) atoms. The van der Waals surface area contributed by atoms with Gasteiger partial charge in [0.2, 0.25) is 5.91 Å². The fourth-order valence-electron chi connectivity index (χ4n) is 3.31. The number of hydrogen-bond donors (Lipinski definition) is 1. The van der Waals surface area contributed by atoms with Crippen molar-refractivity contribution >= 4 is 5.91 Å². The molecule has 0 spiro atoms. The van der Waals surface area contributed by atoms with E-state index in [9.17, 15) is 9.59 Å². The zero-order chi connectivity index (χ0) is 18.8. The molecule has 1 aliphatic rings. The third-order valence-electron chi connectivity index (χ3n) is 4.77. The zero-order valence-corrected chi connectivity index (χ0v) is 15.1. The normalized spacial score (nSPS) is 14.7. The quantitative estimate of drug-likeness (QED) is 0.722. The highest BCUT2D eigenvalue weighted by molar-refractivity contribution is 5.76. The Morgan fingerprint density at radius 2 is 2.11 bits per heavy atom. The summed E-state index contributed by atoms with van der Waals surface area (Å²) in [5.74, 6) is 1.99. The van der Waals surface area contributed by atoms with Crippen molar-refractivity contribution in [1.29, 1.82) is 0 Å². The number of aromatic nitrogens is 6. The van der Waals surface area contributed by atoms with Gasteiger partial charge in [-0.3, -0.25) is 14.3 Å². The molecule has 0 bridgehead atoms. The molecule has 1 saturated heterocycles. The van der Waals surface area contributed by atoms with Gasteiger partial charge in [0.1, 0.15) is 5.82 Å². The first-order valence-electron chi connectivity index (χ1n) is 9.03. The summed E-state index contributed by atoms with van der Waals surface area (Å²) in [5, 5.41) is 8.74. The van der Waals surface area contributed by atoms with Crippen molar-refractivity contribution in [2.24, 2.45) is 7.05 Å². The van der Waals surface area contributed by atoms with Crippen LogP contribution in [-0.2, 0) is 18.3 Å². The number of H-pyrrole nitrogens is 1. The van der Waals surface area contributed by atoms with E-state index in [0.29, 0.717) is 36.6 Å². The zero-order valence-electron chi connectivity index (χ0n) is 15.1. The van der Waals surface area contributed by atoms with Gasteiger partial charge in [-0.25, -0.2) is 4.98 Å². The van der Waals surface area contributed by atoms with Crippen LogP contribution in [0.3, 0.4) is 0 Å². The number of nitrogens with one attached hydrogen (secondary N) is 1. The van der Waals surface area contributed by atoms with E-state index in [4.69, 9.17) is 0 Å². The van der Waals surface area contributed by atoms with E-state index in [-0.39, 0.29) is 11.5 Å². The summed E-state index contributed by atoms with van der Waals surface area (Å²) in [7, 11) is 1.82. The number of likely N-dealkylation sites (tertiary alicyclic amines) is 1. The van der Waals surface area contributed by atoms with Crippen LogP contribution in [0.15, 0.2) is 35.4 Å². The van der Waals surface area contributed by atoms with E-state index in [1.807, 2.05) is 18.0 Å². The number of hydrogen-bond acceptors (Lipinski definition) is 5. The monoisotopic (exact) mass is 367 g/mol. The van der Waals surface area contributed by atoms with Gasteiger partial charge in [0.05, 0.1) is 11.8 Å². The Labute approximate surface area is 155 Å². The Bertz CT molecular complexity index is 1020. The average Bonchev–Trinajstić information content (AvgIpc) is 3.27. The Kier molecular flexibility index (Phi) is 4.57. The molecule has 1 N–H and O–H groups in total. The summed E-state index contributed by atoms with van der Waals surface area (Å²) in [5.41, 5.74) is 0.172. The highest BCUT2D eigenvalue weighted by atomic mass is 16.2. The number of amides is 1. The van der Waals surface area contributed by atoms with Crippen molar-refractivity contribution in [2.75, 3.05) is 13.1 Å². The molecule has 0 atom stereocenters. The molecule has 0 radical (unpaired) electrons. The van der Waals surface area contributed by atoms with E-state index in [1.165, 1.54) is 0 Å². The fourth-order valence-corrected chi connectivity index (χ4v) is 3.31. The van der Waals surface area contributed by atoms with Crippen LogP contribution in [0.4, 0.5) is 0 Å². The number of nitrogens with zero attached hydrogens (tertiary/aromatic N) is 6. The van der Waals surface area contributed by atoms with E-state index in [2.05, 4.69) is 20.2 Å². The van der Waals surface area contributed by atoms with E-state index >= 15 is 0 Å². The molecule has 3 aromatic heterocycles. The van der Waals surface area contributed by atoms with Crippen molar-refractivity contribution < 1.29 is 4.79 Å². The lowest BCUT2D eigenvalue weighted by Crippen LogP contribution is -2.37. The maximum absolute atomic E-state index is 12.1. The predicted octanol–water partition coefficient (Wildman–Crippen LogP) is 0.911. The first kappa shape index (κ1) is 17.2. The first-order chi connectivity index (χ1) is 13.1. The summed E-state index contributed by atoms with van der Waals surface area (Å²) in [6.45, 7) is 1.36. The molecule has 4 heterocycles. The Morgan fingerprint density at radius 3 is 2.85 bits per heavy atom. The van der Waals surface area contributed by atoms with Crippen molar-refractivity contribution in [3.8, 4) is 17.2 Å². The minimum Gasteiger partial charge on any atom is -0.342 e. The van der Waals surface area contributed by atoms with E-state index in [1.54, 1.807) is 33.9 Å². The van der Waals surface area contributed by atoms with E-state index in [0.717, 1.165) is 25.2 Å². The van der Waals surface area contributed by atoms with Gasteiger partial charge in [-0.05, 0) is 25.0 Å². The Balaban J connectivity index is 1.68. The standard InChI is InChI=1S/C18H21N7O2/c1-23-15(7-10-20-23)25-14(8-12-24-11-3-2-6-16(24)26)21-17(22-25)13-5-4-9-19-18(13)27/h4-5,7,9-10H,2-3,6,8,11-12H2,1H3,(H,19,27). The summed E-state index contributed by atoms with van der Waals surface area (Å²) in [6.07, 6.45) is 6.41. The molecule has 0 saturated carbocycles. The minimum atomic E-state index is -0.239. The topological polar surface area (TPSA) is 102 Å². The fraction of sp³-hybridized carbons (Fsp3) is 0.389. The van der Waals surface area contributed by atoms with Crippen LogP contribution in [0.5, 0.6) is 0 Å².